The van der Waals surface area contributed by atoms with Gasteiger partial charge >= 0.3 is 12.2 Å². The first-order valence-electron chi connectivity index (χ1n) is 10.2. The molecule has 0 atom stereocenters. The first-order valence-corrected chi connectivity index (χ1v) is 11.0. The highest BCUT2D eigenvalue weighted by molar-refractivity contribution is 7.16. The number of likely N-dealkylation sites (N-methyl/N-ethyl adjacent to an activating group) is 1. The summed E-state index contributed by atoms with van der Waals surface area (Å²) in [5.41, 5.74) is -1.42. The van der Waals surface area contributed by atoms with E-state index in [9.17, 15) is 27.2 Å². The van der Waals surface area contributed by atoms with Crippen LogP contribution in [-0.4, -0.2) is 54.1 Å². The van der Waals surface area contributed by atoms with Gasteiger partial charge in [0.15, 0.2) is 5.13 Å². The predicted octanol–water partition coefficient (Wildman–Crippen LogP) is 4.46. The van der Waals surface area contributed by atoms with Gasteiger partial charge in [-0.3, -0.25) is 15.1 Å². The molecule has 3 aromatic rings. The lowest BCUT2D eigenvalue weighted by Crippen LogP contribution is -2.33. The molecule has 2 aromatic heterocycles. The number of anilines is 2. The summed E-state index contributed by atoms with van der Waals surface area (Å²) in [4.78, 5) is 34.0. The van der Waals surface area contributed by atoms with Gasteiger partial charge in [0.25, 0.3) is 5.91 Å². The second-order valence-electron chi connectivity index (χ2n) is 7.20. The van der Waals surface area contributed by atoms with Crippen molar-refractivity contribution in [2.75, 3.05) is 37.9 Å². The van der Waals surface area contributed by atoms with Crippen LogP contribution >= 0.6 is 11.3 Å². The number of nitrogens with zero attached hydrogens (tertiary/aromatic N) is 3. The second kappa shape index (κ2) is 11.6. The first-order chi connectivity index (χ1) is 17.1. The summed E-state index contributed by atoms with van der Waals surface area (Å²) in [6.45, 7) is 0.760. The summed E-state index contributed by atoms with van der Waals surface area (Å²) < 4.78 is 57.8. The van der Waals surface area contributed by atoms with E-state index < -0.39 is 29.2 Å². The van der Waals surface area contributed by atoms with Crippen LogP contribution in [0.5, 0.6) is 0 Å². The van der Waals surface area contributed by atoms with E-state index in [4.69, 9.17) is 4.74 Å². The highest BCUT2D eigenvalue weighted by Gasteiger charge is 2.31. The number of carbonyl (C=O) groups excluding carboxylic acids is 2. The molecule has 1 aromatic carbocycles. The topological polar surface area (TPSA) is 96.5 Å². The molecule has 0 saturated carbocycles. The molecule has 0 aliphatic rings. The maximum absolute atomic E-state index is 14.2. The molecule has 36 heavy (non-hydrogen) atoms. The lowest BCUT2D eigenvalue weighted by Gasteiger charge is -2.15. The monoisotopic (exact) mass is 521 g/mol. The Balaban J connectivity index is 1.70. The molecule has 13 heteroatoms. The average Bonchev–Trinajstić information content (AvgIpc) is 3.29. The van der Waals surface area contributed by atoms with Crippen molar-refractivity contribution >= 4 is 34.1 Å². The third kappa shape index (κ3) is 7.24. The van der Waals surface area contributed by atoms with Gasteiger partial charge in [-0.25, -0.2) is 14.2 Å². The molecule has 2 N–H and O–H groups in total. The zero-order valence-corrected chi connectivity index (χ0v) is 19.8. The van der Waals surface area contributed by atoms with Crippen molar-refractivity contribution in [2.24, 2.45) is 0 Å². The quantitative estimate of drug-likeness (QED) is 0.369. The maximum Gasteiger partial charge on any atom is 0.416 e. The normalized spacial score (nSPS) is 10.8. The summed E-state index contributed by atoms with van der Waals surface area (Å²) in [5.74, 6) is 3.78. The Bertz CT molecular complexity index is 1320. The van der Waals surface area contributed by atoms with Crippen LogP contribution in [0.2, 0.25) is 0 Å². The van der Waals surface area contributed by atoms with Gasteiger partial charge in [0.2, 0.25) is 0 Å². The van der Waals surface area contributed by atoms with E-state index in [1.54, 1.807) is 7.05 Å². The zero-order valence-electron chi connectivity index (χ0n) is 18.9. The number of alkyl halides is 3. The van der Waals surface area contributed by atoms with E-state index in [0.717, 1.165) is 29.7 Å². The van der Waals surface area contributed by atoms with Gasteiger partial charge in [0, 0.05) is 32.6 Å². The number of aromatic nitrogens is 2. The summed E-state index contributed by atoms with van der Waals surface area (Å²) in [5, 5.41) is 5.29. The van der Waals surface area contributed by atoms with E-state index in [2.05, 4.69) is 32.4 Å². The number of rotatable bonds is 6. The minimum absolute atomic E-state index is 0.0666. The summed E-state index contributed by atoms with van der Waals surface area (Å²) in [7, 11) is 3.12. The van der Waals surface area contributed by atoms with Crippen molar-refractivity contribution in [1.82, 2.24) is 14.9 Å². The van der Waals surface area contributed by atoms with Gasteiger partial charge < -0.3 is 15.0 Å². The number of thiazole rings is 1. The van der Waals surface area contributed by atoms with Crippen LogP contribution in [0.1, 0.15) is 26.5 Å². The highest BCUT2D eigenvalue weighted by atomic mass is 32.1. The molecule has 0 radical (unpaired) electrons. The number of carbonyl (C=O) groups is 2. The lowest BCUT2D eigenvalue weighted by molar-refractivity contribution is -0.137. The third-order valence-corrected chi connectivity index (χ3v) is 5.39. The number of urea groups is 1. The average molecular weight is 521 g/mol. The van der Waals surface area contributed by atoms with Crippen molar-refractivity contribution in [2.45, 2.75) is 6.18 Å². The molecule has 0 bridgehead atoms. The molecule has 2 heterocycles. The van der Waals surface area contributed by atoms with Crippen LogP contribution in [0.3, 0.4) is 0 Å². The van der Waals surface area contributed by atoms with Gasteiger partial charge in [0.1, 0.15) is 11.5 Å². The Kier molecular flexibility index (Phi) is 8.57. The standard InChI is InChI=1S/C23H19F4N5O3S/c1-32(9-10-35-2)22(34)31-21-29-13-17(36-21)5-3-14-11-16(4-6-18(14)24)30-20(33)19-12-15(7-8-28-19)23(25,26)27/h4,6-8,11-13H,9-10H2,1-2H3,(H,30,33)(H,29,31,34). The van der Waals surface area contributed by atoms with Gasteiger partial charge in [-0.15, -0.1) is 0 Å². The number of benzene rings is 1. The zero-order chi connectivity index (χ0) is 26.3. The molecule has 0 saturated heterocycles. The predicted molar refractivity (Wildman–Crippen MR) is 125 cm³/mol. The van der Waals surface area contributed by atoms with E-state index in [1.807, 2.05) is 0 Å². The fourth-order valence-electron chi connectivity index (χ4n) is 2.66. The molecule has 0 unspecified atom stereocenters. The van der Waals surface area contributed by atoms with E-state index in [1.165, 1.54) is 30.3 Å². The van der Waals surface area contributed by atoms with Crippen molar-refractivity contribution in [1.29, 1.82) is 0 Å². The SMILES string of the molecule is COCCN(C)C(=O)Nc1ncc(C#Cc2cc(NC(=O)c3cc(C(F)(F)F)ccn3)ccc2F)s1. The van der Waals surface area contributed by atoms with Crippen LogP contribution in [0, 0.1) is 17.7 Å². The minimum atomic E-state index is -4.63. The molecule has 188 valence electrons. The van der Waals surface area contributed by atoms with E-state index in [-0.39, 0.29) is 17.3 Å². The molecule has 3 rings (SSSR count). The number of hydrogen-bond donors (Lipinski definition) is 2. The first kappa shape index (κ1) is 26.6. The van der Waals surface area contributed by atoms with Crippen LogP contribution in [-0.2, 0) is 10.9 Å². The Morgan fingerprint density at radius 2 is 1.92 bits per heavy atom. The molecule has 8 nitrogen and oxygen atoms in total. The molecule has 0 fully saturated rings. The fraction of sp³-hybridized carbons (Fsp3) is 0.217. The molecular weight excluding hydrogens is 502 g/mol. The number of pyridine rings is 1. The van der Waals surface area contributed by atoms with Gasteiger partial charge in [-0.2, -0.15) is 13.2 Å². The van der Waals surface area contributed by atoms with Crippen molar-refractivity contribution in [3.05, 3.63) is 70.2 Å². The largest absolute Gasteiger partial charge is 0.416 e. The van der Waals surface area contributed by atoms with Crippen molar-refractivity contribution in [3.8, 4) is 11.8 Å². The van der Waals surface area contributed by atoms with Gasteiger partial charge in [-0.05, 0) is 36.3 Å². The van der Waals surface area contributed by atoms with Crippen LogP contribution < -0.4 is 10.6 Å². The fourth-order valence-corrected chi connectivity index (χ4v) is 3.32. The summed E-state index contributed by atoms with van der Waals surface area (Å²) >= 11 is 1.08. The smallest absolute Gasteiger partial charge is 0.383 e. The maximum atomic E-state index is 14.2. The Hall–Kier alpha value is -4.02. The second-order valence-corrected chi connectivity index (χ2v) is 8.23. The number of hydrogen-bond acceptors (Lipinski definition) is 6. The van der Waals surface area contributed by atoms with Crippen molar-refractivity contribution < 1.29 is 31.9 Å². The molecular formula is C23H19F4N5O3S. The summed E-state index contributed by atoms with van der Waals surface area (Å²) in [6, 6.07) is 4.53. The minimum Gasteiger partial charge on any atom is -0.383 e. The highest BCUT2D eigenvalue weighted by Crippen LogP contribution is 2.29. The van der Waals surface area contributed by atoms with Crippen molar-refractivity contribution in [3.63, 3.8) is 0 Å². The van der Waals surface area contributed by atoms with E-state index >= 15 is 0 Å². The number of amides is 3. The van der Waals surface area contributed by atoms with Gasteiger partial charge in [-0.1, -0.05) is 17.3 Å². The Morgan fingerprint density at radius 3 is 2.64 bits per heavy atom. The van der Waals surface area contributed by atoms with Gasteiger partial charge in [0.05, 0.1) is 28.8 Å². The molecule has 0 spiro atoms. The Morgan fingerprint density at radius 1 is 1.14 bits per heavy atom. The molecule has 0 aliphatic heterocycles. The number of halogens is 4. The Labute approximate surface area is 207 Å². The van der Waals surface area contributed by atoms with Crippen LogP contribution in [0.4, 0.5) is 33.2 Å². The lowest BCUT2D eigenvalue weighted by atomic mass is 10.1. The number of ether oxygens (including phenoxy) is 1. The summed E-state index contributed by atoms with van der Waals surface area (Å²) in [6.07, 6.45) is -2.34. The number of nitrogens with one attached hydrogen (secondary N) is 2. The number of methoxy groups -OCH3 is 1. The third-order valence-electron chi connectivity index (χ3n) is 4.56. The van der Waals surface area contributed by atoms with Crippen LogP contribution in [0.25, 0.3) is 0 Å². The molecule has 0 aliphatic carbocycles. The van der Waals surface area contributed by atoms with E-state index in [0.29, 0.717) is 29.2 Å². The van der Waals surface area contributed by atoms with Crippen LogP contribution in [0.15, 0.2) is 42.7 Å². The molecule has 3 amide bonds.